The van der Waals surface area contributed by atoms with E-state index in [-0.39, 0.29) is 18.1 Å². The molecule has 0 radical (unpaired) electrons. The van der Waals surface area contributed by atoms with Gasteiger partial charge in [0.1, 0.15) is 0 Å². The molecule has 0 saturated carbocycles. The summed E-state index contributed by atoms with van der Waals surface area (Å²) in [6.07, 6.45) is 0.646. The molecule has 2 aliphatic rings. The highest BCUT2D eigenvalue weighted by atomic mass is 16.5. The molecule has 2 unspecified atom stereocenters. The third-order valence-electron chi connectivity index (χ3n) is 3.34. The number of likely N-dealkylation sites (tertiary alicyclic amines) is 1. The second-order valence-corrected chi connectivity index (χ2v) is 4.65. The van der Waals surface area contributed by atoms with Crippen LogP contribution in [-0.2, 0) is 9.53 Å². The monoisotopic (exact) mass is 227 g/mol. The van der Waals surface area contributed by atoms with E-state index in [1.807, 2.05) is 4.90 Å². The third-order valence-corrected chi connectivity index (χ3v) is 3.34. The molecule has 2 saturated heterocycles. The standard InChI is InChI=1S/C11H21N3O2/c1-2-13-3-4-16-10(7-13)8-14-6-9(12)5-11(14)15/h9-10H,2-8,12H2,1H3. The molecule has 2 N–H and O–H groups in total. The van der Waals surface area contributed by atoms with Crippen LogP contribution in [0, 0.1) is 0 Å². The Hall–Kier alpha value is -0.650. The maximum atomic E-state index is 11.6. The van der Waals surface area contributed by atoms with E-state index < -0.39 is 0 Å². The normalized spacial score (nSPS) is 32.4. The van der Waals surface area contributed by atoms with E-state index in [4.69, 9.17) is 10.5 Å². The van der Waals surface area contributed by atoms with Crippen LogP contribution in [0.1, 0.15) is 13.3 Å². The zero-order chi connectivity index (χ0) is 11.5. The average Bonchev–Trinajstić information content (AvgIpc) is 2.58. The summed E-state index contributed by atoms with van der Waals surface area (Å²) in [5, 5.41) is 0. The van der Waals surface area contributed by atoms with Crippen LogP contribution in [0.2, 0.25) is 0 Å². The molecule has 92 valence electrons. The van der Waals surface area contributed by atoms with Gasteiger partial charge in [0.15, 0.2) is 0 Å². The van der Waals surface area contributed by atoms with Crippen LogP contribution in [0.25, 0.3) is 0 Å². The van der Waals surface area contributed by atoms with Crippen molar-refractivity contribution in [2.45, 2.75) is 25.5 Å². The summed E-state index contributed by atoms with van der Waals surface area (Å²) in [5.41, 5.74) is 5.76. The summed E-state index contributed by atoms with van der Waals surface area (Å²) in [6, 6.07) is 0.0124. The van der Waals surface area contributed by atoms with E-state index in [9.17, 15) is 4.79 Å². The topological polar surface area (TPSA) is 58.8 Å². The molecule has 0 aromatic rings. The fraction of sp³-hybridized carbons (Fsp3) is 0.909. The number of hydrogen-bond donors (Lipinski definition) is 1. The van der Waals surface area contributed by atoms with Crippen molar-refractivity contribution in [2.24, 2.45) is 5.73 Å². The number of ether oxygens (including phenoxy) is 1. The van der Waals surface area contributed by atoms with E-state index in [0.717, 1.165) is 26.2 Å². The molecule has 2 rings (SSSR count). The number of carbonyl (C=O) groups is 1. The predicted molar refractivity (Wildman–Crippen MR) is 61.0 cm³/mol. The van der Waals surface area contributed by atoms with Gasteiger partial charge in [0.05, 0.1) is 12.7 Å². The summed E-state index contributed by atoms with van der Waals surface area (Å²) < 4.78 is 5.68. The molecule has 5 heteroatoms. The van der Waals surface area contributed by atoms with Gasteiger partial charge in [-0.3, -0.25) is 9.69 Å². The van der Waals surface area contributed by atoms with Crippen LogP contribution in [-0.4, -0.2) is 67.2 Å². The molecule has 0 aromatic carbocycles. The van der Waals surface area contributed by atoms with Crippen LogP contribution in [0.5, 0.6) is 0 Å². The minimum atomic E-state index is 0.0124. The largest absolute Gasteiger partial charge is 0.374 e. The highest BCUT2D eigenvalue weighted by molar-refractivity contribution is 5.79. The molecule has 0 spiro atoms. The molecule has 16 heavy (non-hydrogen) atoms. The smallest absolute Gasteiger partial charge is 0.224 e. The molecule has 2 atom stereocenters. The Bertz CT molecular complexity index is 260. The number of nitrogens with zero attached hydrogens (tertiary/aromatic N) is 2. The predicted octanol–water partition coefficient (Wildman–Crippen LogP) is -0.733. The summed E-state index contributed by atoms with van der Waals surface area (Å²) in [4.78, 5) is 15.8. The molecule has 2 fully saturated rings. The summed E-state index contributed by atoms with van der Waals surface area (Å²) in [6.45, 7) is 7.28. The quantitative estimate of drug-likeness (QED) is 0.690. The lowest BCUT2D eigenvalue weighted by atomic mass is 10.2. The molecule has 5 nitrogen and oxygen atoms in total. The fourth-order valence-corrected chi connectivity index (χ4v) is 2.40. The second kappa shape index (κ2) is 5.12. The van der Waals surface area contributed by atoms with Crippen molar-refractivity contribution >= 4 is 5.91 Å². The van der Waals surface area contributed by atoms with E-state index in [1.165, 1.54) is 0 Å². The maximum Gasteiger partial charge on any atom is 0.224 e. The van der Waals surface area contributed by atoms with Gasteiger partial charge < -0.3 is 15.4 Å². The van der Waals surface area contributed by atoms with Crippen molar-refractivity contribution in [1.82, 2.24) is 9.80 Å². The van der Waals surface area contributed by atoms with Crippen LogP contribution in [0.3, 0.4) is 0 Å². The minimum Gasteiger partial charge on any atom is -0.374 e. The maximum absolute atomic E-state index is 11.6. The van der Waals surface area contributed by atoms with Gasteiger partial charge in [-0.25, -0.2) is 0 Å². The van der Waals surface area contributed by atoms with Gasteiger partial charge in [-0.15, -0.1) is 0 Å². The third kappa shape index (κ3) is 2.72. The van der Waals surface area contributed by atoms with Crippen molar-refractivity contribution in [3.63, 3.8) is 0 Å². The number of hydrogen-bond acceptors (Lipinski definition) is 4. The Morgan fingerprint density at radius 2 is 2.31 bits per heavy atom. The van der Waals surface area contributed by atoms with E-state index in [1.54, 1.807) is 0 Å². The van der Waals surface area contributed by atoms with E-state index >= 15 is 0 Å². The zero-order valence-electron chi connectivity index (χ0n) is 9.89. The first-order valence-electron chi connectivity index (χ1n) is 6.06. The fourth-order valence-electron chi connectivity index (χ4n) is 2.40. The van der Waals surface area contributed by atoms with Gasteiger partial charge in [0.25, 0.3) is 0 Å². The Kier molecular flexibility index (Phi) is 3.78. The Morgan fingerprint density at radius 1 is 1.50 bits per heavy atom. The lowest BCUT2D eigenvalue weighted by Gasteiger charge is -2.34. The first-order valence-corrected chi connectivity index (χ1v) is 6.06. The molecular formula is C11H21N3O2. The van der Waals surface area contributed by atoms with Crippen molar-refractivity contribution in [3.8, 4) is 0 Å². The number of carbonyl (C=O) groups excluding carboxylic acids is 1. The van der Waals surface area contributed by atoms with Crippen molar-refractivity contribution in [1.29, 1.82) is 0 Å². The second-order valence-electron chi connectivity index (χ2n) is 4.65. The molecule has 2 aliphatic heterocycles. The van der Waals surface area contributed by atoms with E-state index in [0.29, 0.717) is 19.5 Å². The Labute approximate surface area is 96.5 Å². The molecule has 0 aliphatic carbocycles. The van der Waals surface area contributed by atoms with E-state index in [2.05, 4.69) is 11.8 Å². The van der Waals surface area contributed by atoms with Crippen molar-refractivity contribution < 1.29 is 9.53 Å². The molecule has 1 amide bonds. The minimum absolute atomic E-state index is 0.0124. The first-order chi connectivity index (χ1) is 7.69. The number of morpholine rings is 1. The van der Waals surface area contributed by atoms with Crippen molar-refractivity contribution in [3.05, 3.63) is 0 Å². The van der Waals surface area contributed by atoms with Crippen LogP contribution in [0.15, 0.2) is 0 Å². The number of likely N-dealkylation sites (N-methyl/N-ethyl adjacent to an activating group) is 1. The van der Waals surface area contributed by atoms with Crippen LogP contribution in [0.4, 0.5) is 0 Å². The lowest BCUT2D eigenvalue weighted by molar-refractivity contribution is -0.130. The zero-order valence-corrected chi connectivity index (χ0v) is 9.89. The van der Waals surface area contributed by atoms with Crippen LogP contribution < -0.4 is 5.73 Å². The number of nitrogens with two attached hydrogens (primary N) is 1. The highest BCUT2D eigenvalue weighted by Crippen LogP contribution is 2.13. The molecule has 2 heterocycles. The van der Waals surface area contributed by atoms with Gasteiger partial charge in [0, 0.05) is 38.6 Å². The molecular weight excluding hydrogens is 206 g/mol. The first kappa shape index (κ1) is 11.8. The Morgan fingerprint density at radius 3 is 2.94 bits per heavy atom. The number of rotatable bonds is 3. The van der Waals surface area contributed by atoms with Gasteiger partial charge in [-0.2, -0.15) is 0 Å². The summed E-state index contributed by atoms with van der Waals surface area (Å²) in [7, 11) is 0. The summed E-state index contributed by atoms with van der Waals surface area (Å²) >= 11 is 0. The SMILES string of the molecule is CCN1CCOC(CN2CC(N)CC2=O)C1. The van der Waals surface area contributed by atoms with Gasteiger partial charge in [-0.1, -0.05) is 6.92 Å². The lowest BCUT2D eigenvalue weighted by Crippen LogP contribution is -2.48. The van der Waals surface area contributed by atoms with Crippen LogP contribution >= 0.6 is 0 Å². The summed E-state index contributed by atoms with van der Waals surface area (Å²) in [5.74, 6) is 0.171. The average molecular weight is 227 g/mol. The van der Waals surface area contributed by atoms with Gasteiger partial charge in [-0.05, 0) is 6.54 Å². The van der Waals surface area contributed by atoms with Gasteiger partial charge >= 0.3 is 0 Å². The molecule has 0 aromatic heterocycles. The Balaban J connectivity index is 1.82. The van der Waals surface area contributed by atoms with Gasteiger partial charge in [0.2, 0.25) is 5.91 Å². The molecule has 0 bridgehead atoms. The number of amides is 1. The highest BCUT2D eigenvalue weighted by Gasteiger charge is 2.30. The van der Waals surface area contributed by atoms with Crippen molar-refractivity contribution in [2.75, 3.05) is 39.3 Å².